The number of nitrogens with zero attached hydrogens (tertiary/aromatic N) is 3. The number of hydrogen-bond donors (Lipinski definition) is 3. The van der Waals surface area contributed by atoms with Gasteiger partial charge in [-0.1, -0.05) is 19.1 Å². The Hall–Kier alpha value is -3.11. The zero-order valence-electron chi connectivity index (χ0n) is 21.3. The van der Waals surface area contributed by atoms with E-state index in [9.17, 15) is 4.79 Å². The van der Waals surface area contributed by atoms with Crippen LogP contribution in [0.1, 0.15) is 63.3 Å². The Balaban J connectivity index is 1.22. The average molecular weight is 497 g/mol. The highest BCUT2D eigenvalue weighted by atomic mass is 16.6. The van der Waals surface area contributed by atoms with Crippen LogP contribution in [0.25, 0.3) is 10.9 Å². The lowest BCUT2D eigenvalue weighted by Gasteiger charge is -2.16. The minimum atomic E-state index is -0.326. The largest absolute Gasteiger partial charge is 0.446 e. The van der Waals surface area contributed by atoms with Gasteiger partial charge >= 0.3 is 6.09 Å². The fourth-order valence-electron chi connectivity index (χ4n) is 5.02. The minimum Gasteiger partial charge on any atom is -0.446 e. The van der Waals surface area contributed by atoms with E-state index < -0.39 is 0 Å². The van der Waals surface area contributed by atoms with Crippen LogP contribution in [-0.4, -0.2) is 57.5 Å². The first-order valence-corrected chi connectivity index (χ1v) is 12.9. The number of carbonyl (C=O) groups is 1. The van der Waals surface area contributed by atoms with Crippen molar-refractivity contribution in [3.63, 3.8) is 0 Å². The van der Waals surface area contributed by atoms with E-state index in [1.807, 2.05) is 43.8 Å². The van der Waals surface area contributed by atoms with Crippen LogP contribution >= 0.6 is 0 Å². The predicted octanol–water partition coefficient (Wildman–Crippen LogP) is 4.51. The van der Waals surface area contributed by atoms with Crippen LogP contribution in [-0.2, 0) is 27.9 Å². The summed E-state index contributed by atoms with van der Waals surface area (Å²) in [6.45, 7) is 5.88. The molecule has 4 unspecified atom stereocenters. The number of ether oxygens (including phenoxy) is 3. The van der Waals surface area contributed by atoms with Gasteiger partial charge in [0.05, 0.1) is 36.2 Å². The van der Waals surface area contributed by atoms with Crippen LogP contribution < -0.4 is 10.6 Å². The fourth-order valence-corrected chi connectivity index (χ4v) is 5.02. The van der Waals surface area contributed by atoms with Gasteiger partial charge in [0, 0.05) is 42.8 Å². The molecule has 10 heteroatoms. The van der Waals surface area contributed by atoms with Crippen LogP contribution in [0, 0.1) is 0 Å². The van der Waals surface area contributed by atoms with Crippen LogP contribution in [0.2, 0.25) is 0 Å². The van der Waals surface area contributed by atoms with E-state index in [4.69, 9.17) is 19.3 Å². The van der Waals surface area contributed by atoms with Gasteiger partial charge in [0.15, 0.2) is 5.82 Å². The Kier molecular flexibility index (Phi) is 7.43. The van der Waals surface area contributed by atoms with Crippen LogP contribution in [0.4, 0.5) is 16.3 Å². The third-order valence-corrected chi connectivity index (χ3v) is 7.22. The summed E-state index contributed by atoms with van der Waals surface area (Å²) in [7, 11) is 1.95. The van der Waals surface area contributed by atoms with Gasteiger partial charge in [0.25, 0.3) is 0 Å². The van der Waals surface area contributed by atoms with E-state index in [1.54, 1.807) is 0 Å². The first kappa shape index (κ1) is 24.6. The third-order valence-electron chi connectivity index (χ3n) is 7.22. The first-order chi connectivity index (χ1) is 17.5. The van der Waals surface area contributed by atoms with E-state index >= 15 is 0 Å². The standard InChI is InChI=1S/C26H36N6O4/c1-4-16(2)27-26(33)36-18-9-8-17(12-18)22-13-24(30-29-22)28-21-7-5-6-20-23(31-32(3)25(20)21)15-35-19-10-11-34-14-19/h5-7,13,16-19H,4,8-12,14-15H2,1-3H3,(H,27,33)(H2,28,29,30). The molecule has 3 heterocycles. The number of hydrogen-bond acceptors (Lipinski definition) is 7. The van der Waals surface area contributed by atoms with Crippen molar-refractivity contribution in [2.24, 2.45) is 7.05 Å². The summed E-state index contributed by atoms with van der Waals surface area (Å²) in [5.74, 6) is 1.03. The lowest BCUT2D eigenvalue weighted by molar-refractivity contribution is 0.0304. The monoisotopic (exact) mass is 496 g/mol. The lowest BCUT2D eigenvalue weighted by atomic mass is 10.0. The molecule has 10 nitrogen and oxygen atoms in total. The molecule has 1 aromatic carbocycles. The van der Waals surface area contributed by atoms with Crippen molar-refractivity contribution in [1.29, 1.82) is 0 Å². The van der Waals surface area contributed by atoms with E-state index in [2.05, 4.69) is 26.9 Å². The summed E-state index contributed by atoms with van der Waals surface area (Å²) in [5.41, 5.74) is 3.91. The molecule has 3 N–H and O–H groups in total. The topological polar surface area (TPSA) is 115 Å². The Labute approximate surface area is 211 Å². The molecule has 1 aliphatic heterocycles. The maximum Gasteiger partial charge on any atom is 0.407 e. The number of anilines is 2. The number of fused-ring (bicyclic) bond motifs is 1. The second kappa shape index (κ2) is 10.9. The summed E-state index contributed by atoms with van der Waals surface area (Å²) >= 11 is 0. The molecule has 2 aliphatic rings. The van der Waals surface area contributed by atoms with Crippen molar-refractivity contribution in [3.05, 3.63) is 35.7 Å². The minimum absolute atomic E-state index is 0.0709. The summed E-state index contributed by atoms with van der Waals surface area (Å²) in [4.78, 5) is 12.1. The second-order valence-corrected chi connectivity index (χ2v) is 9.89. The highest BCUT2D eigenvalue weighted by Crippen LogP contribution is 2.36. The maximum atomic E-state index is 12.1. The summed E-state index contributed by atoms with van der Waals surface area (Å²) in [5, 5.41) is 19.8. The molecule has 4 atom stereocenters. The van der Waals surface area contributed by atoms with E-state index in [1.165, 1.54) is 0 Å². The van der Waals surface area contributed by atoms with Crippen LogP contribution in [0.15, 0.2) is 24.3 Å². The zero-order chi connectivity index (χ0) is 25.1. The van der Waals surface area contributed by atoms with Crippen LogP contribution in [0.3, 0.4) is 0 Å². The number of alkyl carbamates (subject to hydrolysis) is 1. The van der Waals surface area contributed by atoms with Gasteiger partial charge in [0.1, 0.15) is 6.10 Å². The van der Waals surface area contributed by atoms with Crippen molar-refractivity contribution in [1.82, 2.24) is 25.3 Å². The summed E-state index contributed by atoms with van der Waals surface area (Å²) < 4.78 is 18.9. The smallest absolute Gasteiger partial charge is 0.407 e. The number of nitrogens with one attached hydrogen (secondary N) is 3. The number of para-hydroxylation sites is 1. The molecular formula is C26H36N6O4. The number of H-pyrrole nitrogens is 1. The molecule has 0 radical (unpaired) electrons. The Morgan fingerprint density at radius 2 is 2.19 bits per heavy atom. The van der Waals surface area contributed by atoms with Gasteiger partial charge in [-0.2, -0.15) is 10.2 Å². The molecule has 36 heavy (non-hydrogen) atoms. The first-order valence-electron chi connectivity index (χ1n) is 12.9. The SMILES string of the molecule is CCC(C)NC(=O)OC1CCC(c2cc(Nc3cccc4c(COC5CCOC5)nn(C)c34)n[nH]2)C1. The molecule has 3 aromatic rings. The maximum absolute atomic E-state index is 12.1. The number of aryl methyl sites for hydroxylation is 1. The van der Waals surface area contributed by atoms with Crippen molar-refractivity contribution in [2.75, 3.05) is 18.5 Å². The Morgan fingerprint density at radius 1 is 1.31 bits per heavy atom. The van der Waals surface area contributed by atoms with Gasteiger partial charge in [-0.15, -0.1) is 0 Å². The number of benzene rings is 1. The fraction of sp³-hybridized carbons (Fsp3) is 0.577. The van der Waals surface area contributed by atoms with Crippen molar-refractivity contribution >= 4 is 28.5 Å². The zero-order valence-corrected chi connectivity index (χ0v) is 21.3. The van der Waals surface area contributed by atoms with Crippen molar-refractivity contribution < 1.29 is 19.0 Å². The predicted molar refractivity (Wildman–Crippen MR) is 136 cm³/mol. The molecule has 2 fully saturated rings. The molecule has 1 aliphatic carbocycles. The molecule has 1 saturated heterocycles. The second-order valence-electron chi connectivity index (χ2n) is 9.89. The Bertz CT molecular complexity index is 1180. The highest BCUT2D eigenvalue weighted by Gasteiger charge is 2.30. The summed E-state index contributed by atoms with van der Waals surface area (Å²) in [6, 6.07) is 8.29. The van der Waals surface area contributed by atoms with Gasteiger partial charge in [-0.25, -0.2) is 4.79 Å². The number of rotatable bonds is 9. The molecule has 0 spiro atoms. The highest BCUT2D eigenvalue weighted by molar-refractivity contribution is 5.94. The molecule has 0 bridgehead atoms. The van der Waals surface area contributed by atoms with Crippen molar-refractivity contribution in [2.45, 2.75) is 76.7 Å². The quantitative estimate of drug-likeness (QED) is 0.399. The molecule has 194 valence electrons. The average Bonchev–Trinajstić information content (AvgIpc) is 3.66. The third kappa shape index (κ3) is 5.49. The van der Waals surface area contributed by atoms with E-state index in [0.717, 1.165) is 72.5 Å². The molecular weight excluding hydrogens is 460 g/mol. The van der Waals surface area contributed by atoms with Gasteiger partial charge in [-0.3, -0.25) is 9.78 Å². The molecule has 1 amide bonds. The lowest BCUT2D eigenvalue weighted by Crippen LogP contribution is -2.34. The normalized spacial score (nSPS) is 22.7. The summed E-state index contributed by atoms with van der Waals surface area (Å²) in [6.07, 6.45) is 4.15. The van der Waals surface area contributed by atoms with Crippen molar-refractivity contribution in [3.8, 4) is 0 Å². The number of carbonyl (C=O) groups excluding carboxylic acids is 1. The number of aromatic amines is 1. The molecule has 5 rings (SSSR count). The number of amides is 1. The van der Waals surface area contributed by atoms with E-state index in [-0.39, 0.29) is 30.3 Å². The van der Waals surface area contributed by atoms with Gasteiger partial charge in [-0.05, 0) is 45.1 Å². The van der Waals surface area contributed by atoms with Gasteiger partial charge in [0.2, 0.25) is 0 Å². The number of aromatic nitrogens is 4. The molecule has 2 aromatic heterocycles. The van der Waals surface area contributed by atoms with E-state index in [0.29, 0.717) is 13.2 Å². The van der Waals surface area contributed by atoms with Crippen LogP contribution in [0.5, 0.6) is 0 Å². The Morgan fingerprint density at radius 3 is 3.00 bits per heavy atom. The molecule has 1 saturated carbocycles. The van der Waals surface area contributed by atoms with Gasteiger partial charge < -0.3 is 24.8 Å².